The van der Waals surface area contributed by atoms with E-state index in [1.54, 1.807) is 0 Å². The average Bonchev–Trinajstić information content (AvgIpc) is 2.34. The van der Waals surface area contributed by atoms with Gasteiger partial charge in [0.1, 0.15) is 11.2 Å². The summed E-state index contributed by atoms with van der Waals surface area (Å²) in [5.74, 6) is 0. The van der Waals surface area contributed by atoms with E-state index in [2.05, 4.69) is 309 Å². The van der Waals surface area contributed by atoms with Crippen LogP contribution in [0.25, 0.3) is 65.8 Å². The molecule has 396 valence electrons. The van der Waals surface area contributed by atoms with Gasteiger partial charge >= 0.3 is 0 Å². The van der Waals surface area contributed by atoms with Crippen molar-refractivity contribution in [1.82, 2.24) is 0 Å². The van der Waals surface area contributed by atoms with Gasteiger partial charge in [-0.2, -0.15) is 0 Å². The van der Waals surface area contributed by atoms with E-state index in [1.807, 2.05) is 0 Å². The first-order chi connectivity index (χ1) is 39.1. The lowest BCUT2D eigenvalue weighted by atomic mass is 9.67. The topological polar surface area (TPSA) is 32.8 Å². The zero-order chi connectivity index (χ0) is 55.6. The summed E-state index contributed by atoms with van der Waals surface area (Å²) >= 11 is 0. The molecule has 1 aliphatic carbocycles. The van der Waals surface area contributed by atoms with Gasteiger partial charge in [-0.15, -0.1) is 0 Å². The van der Waals surface area contributed by atoms with Crippen molar-refractivity contribution in [2.45, 2.75) is 84.0 Å². The molecule has 2 heterocycles. The predicted molar refractivity (Wildman–Crippen MR) is 341 cm³/mol. The number of hydrogen-bond acceptors (Lipinski definition) is 4. The molecule has 2 aromatic heterocycles. The molecule has 0 saturated heterocycles. The third kappa shape index (κ3) is 8.01. The lowest BCUT2D eigenvalue weighted by molar-refractivity contribution is 0.590. The SMILES string of the molecule is CC(C)(C)c1ccc(N(c2ccc(C(C)(C)C)cc2)c2cc3c(c4c2oc2ccccc24)-c2c(cc(N(c4ccc(C(C)(C)C)cc4)c4ccc5ccccc5c4)c4oc5ccccc5c24)C3(c2ccccc2)c2ccccc2)cc1. The lowest BCUT2D eigenvalue weighted by Crippen LogP contribution is -2.29. The first-order valence-electron chi connectivity index (χ1n) is 28.6. The summed E-state index contributed by atoms with van der Waals surface area (Å²) < 4.78 is 14.9. The molecular weight excluding hydrogens is 985 g/mol. The Morgan fingerprint density at radius 3 is 1.07 bits per heavy atom. The molecule has 81 heavy (non-hydrogen) atoms. The number of anilines is 6. The zero-order valence-electron chi connectivity index (χ0n) is 47.7. The highest BCUT2D eigenvalue weighted by Gasteiger charge is 2.50. The Labute approximate surface area is 475 Å². The molecule has 4 heteroatoms. The number of benzene rings is 11. The third-order valence-corrected chi connectivity index (χ3v) is 17.2. The number of nitrogens with zero attached hydrogens (tertiary/aromatic N) is 2. The van der Waals surface area contributed by atoms with E-state index in [1.165, 1.54) is 33.2 Å². The maximum absolute atomic E-state index is 7.45. The van der Waals surface area contributed by atoms with E-state index in [0.29, 0.717) is 0 Å². The second-order valence-corrected chi connectivity index (χ2v) is 25.3. The van der Waals surface area contributed by atoms with Crippen LogP contribution >= 0.6 is 0 Å². The van der Waals surface area contributed by atoms with Crippen LogP contribution in [-0.4, -0.2) is 0 Å². The van der Waals surface area contributed by atoms with Crippen molar-refractivity contribution in [3.05, 3.63) is 276 Å². The van der Waals surface area contributed by atoms with Crippen LogP contribution in [0.15, 0.2) is 245 Å². The van der Waals surface area contributed by atoms with Gasteiger partial charge in [0.2, 0.25) is 0 Å². The fourth-order valence-corrected chi connectivity index (χ4v) is 13.0. The molecule has 0 spiro atoms. The molecule has 0 amide bonds. The molecule has 0 fully saturated rings. The average molecular weight is 1050 g/mol. The second-order valence-electron chi connectivity index (χ2n) is 25.3. The smallest absolute Gasteiger partial charge is 0.160 e. The van der Waals surface area contributed by atoms with Gasteiger partial charge in [0.05, 0.1) is 16.8 Å². The van der Waals surface area contributed by atoms with E-state index in [4.69, 9.17) is 8.83 Å². The van der Waals surface area contributed by atoms with Crippen molar-refractivity contribution in [2.75, 3.05) is 9.80 Å². The number of hydrogen-bond donors (Lipinski definition) is 0. The maximum atomic E-state index is 7.45. The van der Waals surface area contributed by atoms with Crippen LogP contribution in [-0.2, 0) is 21.7 Å². The zero-order valence-corrected chi connectivity index (χ0v) is 47.7. The molecule has 13 aromatic rings. The molecule has 1 aliphatic rings. The Morgan fingerprint density at radius 2 is 0.667 bits per heavy atom. The van der Waals surface area contributed by atoms with Gasteiger partial charge in [0.25, 0.3) is 0 Å². The van der Waals surface area contributed by atoms with Gasteiger partial charge in [-0.3, -0.25) is 0 Å². The molecule has 0 aliphatic heterocycles. The predicted octanol–water partition coefficient (Wildman–Crippen LogP) is 21.8. The largest absolute Gasteiger partial charge is 0.454 e. The summed E-state index contributed by atoms with van der Waals surface area (Å²) in [5, 5.41) is 6.60. The monoisotopic (exact) mass is 1050 g/mol. The van der Waals surface area contributed by atoms with Gasteiger partial charge in [0, 0.05) is 44.3 Å². The van der Waals surface area contributed by atoms with Gasteiger partial charge in [0.15, 0.2) is 11.2 Å². The summed E-state index contributed by atoms with van der Waals surface area (Å²) in [6.45, 7) is 20.5. The Balaban J connectivity index is 1.17. The summed E-state index contributed by atoms with van der Waals surface area (Å²) in [5.41, 5.74) is 19.2. The Kier molecular flexibility index (Phi) is 11.4. The van der Waals surface area contributed by atoms with Crippen LogP contribution in [0.5, 0.6) is 0 Å². The number of fused-ring (bicyclic) bond motifs is 12. The van der Waals surface area contributed by atoms with Gasteiger partial charge in [-0.1, -0.05) is 226 Å². The first kappa shape index (κ1) is 50.1. The lowest BCUT2D eigenvalue weighted by Gasteiger charge is -2.36. The van der Waals surface area contributed by atoms with Crippen LogP contribution in [0, 0.1) is 0 Å². The van der Waals surface area contributed by atoms with Gasteiger partial charge in [-0.25, -0.2) is 0 Å². The summed E-state index contributed by atoms with van der Waals surface area (Å²) in [6.07, 6.45) is 0. The number of furan rings is 2. The third-order valence-electron chi connectivity index (χ3n) is 17.2. The minimum Gasteiger partial charge on any atom is -0.454 e. The van der Waals surface area contributed by atoms with Crippen LogP contribution in [0.4, 0.5) is 34.1 Å². The van der Waals surface area contributed by atoms with E-state index in [0.717, 1.165) is 106 Å². The number of para-hydroxylation sites is 2. The molecule has 0 unspecified atom stereocenters. The highest BCUT2D eigenvalue weighted by atomic mass is 16.3. The van der Waals surface area contributed by atoms with Crippen molar-refractivity contribution in [3.8, 4) is 11.1 Å². The molecule has 14 rings (SSSR count). The normalized spacial score (nSPS) is 13.3. The van der Waals surface area contributed by atoms with Crippen LogP contribution < -0.4 is 9.80 Å². The van der Waals surface area contributed by atoms with Crippen LogP contribution in [0.2, 0.25) is 0 Å². The Hall–Kier alpha value is -9.12. The van der Waals surface area contributed by atoms with E-state index >= 15 is 0 Å². The van der Waals surface area contributed by atoms with Crippen molar-refractivity contribution in [3.63, 3.8) is 0 Å². The van der Waals surface area contributed by atoms with E-state index in [-0.39, 0.29) is 16.2 Å². The minimum atomic E-state index is -0.876. The standard InChI is InChI=1S/C77H66N2O2/c1-74(2,3)51-33-40-56(41-34-51)78(57-42-35-52(36-43-57)75(4,5)6)64-47-62-70(68-60-28-18-20-30-66(60)80-72(64)68)71-63(77(62,54-24-12-10-13-25-54)55-26-14-11-15-27-55)48-65(73-69(71)61-29-19-21-31-67(61)81-73)79(58-44-37-53(38-45-58)76(7,8)9)59-39-32-49-22-16-17-23-50(49)46-59/h10-48H,1-9H3. The molecule has 0 saturated carbocycles. The molecule has 0 N–H and O–H groups in total. The second kappa shape index (κ2) is 18.5. The van der Waals surface area contributed by atoms with Crippen molar-refractivity contribution in [1.29, 1.82) is 0 Å². The molecular formula is C77H66N2O2. The minimum absolute atomic E-state index is 0.0325. The van der Waals surface area contributed by atoms with Crippen molar-refractivity contribution in [2.24, 2.45) is 0 Å². The quantitative estimate of drug-likeness (QED) is 0.152. The number of rotatable bonds is 8. The molecule has 0 bridgehead atoms. The fraction of sp³-hybridized carbons (Fsp3) is 0.169. The Morgan fingerprint density at radius 1 is 0.321 bits per heavy atom. The van der Waals surface area contributed by atoms with Crippen LogP contribution in [0.1, 0.15) is 101 Å². The van der Waals surface area contributed by atoms with Crippen molar-refractivity contribution >= 4 is 88.8 Å². The fourth-order valence-electron chi connectivity index (χ4n) is 13.0. The maximum Gasteiger partial charge on any atom is 0.160 e. The Bertz CT molecular complexity index is 4450. The van der Waals surface area contributed by atoms with Gasteiger partial charge < -0.3 is 18.6 Å². The highest BCUT2D eigenvalue weighted by molar-refractivity contribution is 6.27. The van der Waals surface area contributed by atoms with E-state index in [9.17, 15) is 0 Å². The van der Waals surface area contributed by atoms with Gasteiger partial charge in [-0.05, 0) is 150 Å². The molecule has 4 nitrogen and oxygen atoms in total. The molecule has 0 atom stereocenters. The highest BCUT2D eigenvalue weighted by Crippen LogP contribution is 2.65. The van der Waals surface area contributed by atoms with Crippen LogP contribution in [0.3, 0.4) is 0 Å². The van der Waals surface area contributed by atoms with Crippen molar-refractivity contribution < 1.29 is 8.83 Å². The van der Waals surface area contributed by atoms with E-state index < -0.39 is 5.41 Å². The summed E-state index contributed by atoms with van der Waals surface area (Å²) in [4.78, 5) is 4.87. The molecule has 11 aromatic carbocycles. The first-order valence-corrected chi connectivity index (χ1v) is 28.6. The summed E-state index contributed by atoms with van der Waals surface area (Å²) in [7, 11) is 0. The summed E-state index contributed by atoms with van der Waals surface area (Å²) in [6, 6.07) is 87.6. The molecule has 0 radical (unpaired) electrons.